The number of hydrogen-bond donors (Lipinski definition) is 2. The van der Waals surface area contributed by atoms with Crippen molar-refractivity contribution in [2.45, 2.75) is 45.1 Å². The monoisotopic (exact) mass is 397 g/mol. The number of benzene rings is 1. The highest BCUT2D eigenvalue weighted by Gasteiger charge is 2.07. The number of unbranched alkanes of at least 4 members (excludes halogenated alkanes) is 1. The lowest BCUT2D eigenvalue weighted by molar-refractivity contribution is -0.108. The number of aromatic nitrogens is 1. The van der Waals surface area contributed by atoms with Crippen LogP contribution in [0.25, 0.3) is 5.57 Å². The van der Waals surface area contributed by atoms with E-state index in [4.69, 9.17) is 11.6 Å². The molecule has 1 amide bonds. The fraction of sp³-hybridized carbons (Fsp3) is 0.304. The Morgan fingerprint density at radius 3 is 2.61 bits per heavy atom. The van der Waals surface area contributed by atoms with Crippen LogP contribution >= 0.6 is 11.6 Å². The molecule has 0 radical (unpaired) electrons. The Kier molecular flexibility index (Phi) is 9.29. The van der Waals surface area contributed by atoms with Crippen molar-refractivity contribution in [2.24, 2.45) is 0 Å². The zero-order valence-corrected chi connectivity index (χ0v) is 17.1. The lowest BCUT2D eigenvalue weighted by atomic mass is 10.0. The smallest absolute Gasteiger partial charge is 0.211 e. The van der Waals surface area contributed by atoms with Gasteiger partial charge >= 0.3 is 0 Å². The second-order valence-corrected chi connectivity index (χ2v) is 7.08. The highest BCUT2D eigenvalue weighted by atomic mass is 35.5. The number of allylic oxidation sites excluding steroid dienone is 2. The van der Waals surface area contributed by atoms with Gasteiger partial charge in [0.2, 0.25) is 6.41 Å². The van der Waals surface area contributed by atoms with E-state index in [0.29, 0.717) is 12.5 Å². The first kappa shape index (κ1) is 21.7. The van der Waals surface area contributed by atoms with Gasteiger partial charge in [-0.15, -0.1) is 0 Å². The SMILES string of the molecule is C=C/C(=C\NC=O)c1ccc(NC(CC)CCCCc2ccc(Cl)cc2)cn1. The number of aryl methyl sites for hydroxylation is 1. The van der Waals surface area contributed by atoms with Crippen LogP contribution in [0.3, 0.4) is 0 Å². The number of rotatable bonds is 12. The van der Waals surface area contributed by atoms with E-state index >= 15 is 0 Å². The quantitative estimate of drug-likeness (QED) is 0.278. The Bertz CT molecular complexity index is 769. The Balaban J connectivity index is 1.82. The Morgan fingerprint density at radius 1 is 1.21 bits per heavy atom. The van der Waals surface area contributed by atoms with Crippen molar-refractivity contribution >= 4 is 29.3 Å². The van der Waals surface area contributed by atoms with Gasteiger partial charge < -0.3 is 10.6 Å². The van der Waals surface area contributed by atoms with Crippen molar-refractivity contribution in [3.05, 3.63) is 77.7 Å². The number of carbonyl (C=O) groups excluding carboxylic acids is 1. The van der Waals surface area contributed by atoms with E-state index in [1.807, 2.05) is 30.5 Å². The first-order chi connectivity index (χ1) is 13.7. The van der Waals surface area contributed by atoms with Crippen LogP contribution in [0.5, 0.6) is 0 Å². The van der Waals surface area contributed by atoms with Gasteiger partial charge in [-0.05, 0) is 55.5 Å². The van der Waals surface area contributed by atoms with E-state index in [1.165, 1.54) is 12.0 Å². The maximum Gasteiger partial charge on any atom is 0.211 e. The first-order valence-electron chi connectivity index (χ1n) is 9.66. The van der Waals surface area contributed by atoms with Gasteiger partial charge in [0.25, 0.3) is 0 Å². The Morgan fingerprint density at radius 2 is 2.00 bits per heavy atom. The number of carbonyl (C=O) groups is 1. The van der Waals surface area contributed by atoms with Gasteiger partial charge in [0.05, 0.1) is 17.6 Å². The van der Waals surface area contributed by atoms with Crippen molar-refractivity contribution in [3.63, 3.8) is 0 Å². The van der Waals surface area contributed by atoms with Gasteiger partial charge in [-0.25, -0.2) is 0 Å². The van der Waals surface area contributed by atoms with Crippen molar-refractivity contribution < 1.29 is 4.79 Å². The summed E-state index contributed by atoms with van der Waals surface area (Å²) in [5.41, 5.74) is 3.87. The molecule has 1 aromatic carbocycles. The predicted molar refractivity (Wildman–Crippen MR) is 118 cm³/mol. The molecule has 0 aliphatic rings. The van der Waals surface area contributed by atoms with Crippen LogP contribution < -0.4 is 10.6 Å². The molecule has 5 heteroatoms. The van der Waals surface area contributed by atoms with Crippen LogP contribution in [-0.2, 0) is 11.2 Å². The molecule has 4 nitrogen and oxygen atoms in total. The molecule has 28 heavy (non-hydrogen) atoms. The minimum absolute atomic E-state index is 0.420. The number of nitrogens with one attached hydrogen (secondary N) is 2. The van der Waals surface area contributed by atoms with Crippen LogP contribution in [0.2, 0.25) is 5.02 Å². The average Bonchev–Trinajstić information content (AvgIpc) is 2.73. The number of halogens is 1. The minimum Gasteiger partial charge on any atom is -0.381 e. The summed E-state index contributed by atoms with van der Waals surface area (Å²) in [6, 6.07) is 12.5. The zero-order valence-electron chi connectivity index (χ0n) is 16.3. The van der Waals surface area contributed by atoms with Crippen molar-refractivity contribution in [3.8, 4) is 0 Å². The Hall–Kier alpha value is -2.59. The molecule has 1 aromatic heterocycles. The maximum absolute atomic E-state index is 10.4. The molecule has 2 aromatic rings. The fourth-order valence-corrected chi connectivity index (χ4v) is 3.12. The van der Waals surface area contributed by atoms with Crippen LogP contribution in [-0.4, -0.2) is 17.4 Å². The van der Waals surface area contributed by atoms with Crippen LogP contribution in [0.4, 0.5) is 5.69 Å². The maximum atomic E-state index is 10.4. The van der Waals surface area contributed by atoms with Crippen molar-refractivity contribution in [1.29, 1.82) is 0 Å². The van der Waals surface area contributed by atoms with Gasteiger partial charge in [-0.2, -0.15) is 0 Å². The summed E-state index contributed by atoms with van der Waals surface area (Å²) in [5, 5.41) is 6.87. The zero-order chi connectivity index (χ0) is 20.2. The minimum atomic E-state index is 0.420. The molecule has 0 saturated heterocycles. The average molecular weight is 398 g/mol. The molecule has 2 rings (SSSR count). The molecule has 148 valence electrons. The fourth-order valence-electron chi connectivity index (χ4n) is 3.00. The number of hydrogen-bond acceptors (Lipinski definition) is 3. The molecule has 0 spiro atoms. The molecule has 0 fully saturated rings. The molecule has 1 heterocycles. The Labute approximate surface area is 172 Å². The first-order valence-corrected chi connectivity index (χ1v) is 10.0. The molecular weight excluding hydrogens is 370 g/mol. The number of nitrogens with zero attached hydrogens (tertiary/aromatic N) is 1. The highest BCUT2D eigenvalue weighted by molar-refractivity contribution is 6.30. The van der Waals surface area contributed by atoms with Crippen molar-refractivity contribution in [2.75, 3.05) is 5.32 Å². The lowest BCUT2D eigenvalue weighted by Crippen LogP contribution is -2.18. The predicted octanol–water partition coefficient (Wildman–Crippen LogP) is 5.61. The lowest BCUT2D eigenvalue weighted by Gasteiger charge is -2.18. The summed E-state index contributed by atoms with van der Waals surface area (Å²) in [5.74, 6) is 0. The molecule has 0 aliphatic carbocycles. The summed E-state index contributed by atoms with van der Waals surface area (Å²) in [4.78, 5) is 14.9. The second kappa shape index (κ2) is 12.0. The van der Waals surface area contributed by atoms with Crippen LogP contribution in [0.1, 0.15) is 43.9 Å². The number of amides is 1. The van der Waals surface area contributed by atoms with E-state index in [1.54, 1.807) is 12.3 Å². The summed E-state index contributed by atoms with van der Waals surface area (Å²) >= 11 is 5.93. The van der Waals surface area contributed by atoms with Crippen LogP contribution in [0, 0.1) is 0 Å². The number of anilines is 1. The highest BCUT2D eigenvalue weighted by Crippen LogP contribution is 2.18. The third-order valence-electron chi connectivity index (χ3n) is 4.63. The largest absolute Gasteiger partial charge is 0.381 e. The third-order valence-corrected chi connectivity index (χ3v) is 4.88. The summed E-state index contributed by atoms with van der Waals surface area (Å²) in [6.07, 6.45) is 11.3. The molecular formula is C23H28ClN3O. The van der Waals surface area contributed by atoms with E-state index in [-0.39, 0.29) is 0 Å². The summed E-state index contributed by atoms with van der Waals surface area (Å²) in [6.45, 7) is 5.95. The second-order valence-electron chi connectivity index (χ2n) is 6.64. The van der Waals surface area contributed by atoms with E-state index in [0.717, 1.165) is 47.7 Å². The molecule has 0 aliphatic heterocycles. The molecule has 1 unspecified atom stereocenters. The van der Waals surface area contributed by atoms with Gasteiger partial charge in [-0.3, -0.25) is 9.78 Å². The van der Waals surface area contributed by atoms with Gasteiger partial charge in [-0.1, -0.05) is 49.7 Å². The molecule has 0 bridgehead atoms. The van der Waals surface area contributed by atoms with Crippen LogP contribution in [0.15, 0.2) is 61.4 Å². The molecule has 2 N–H and O–H groups in total. The van der Waals surface area contributed by atoms with E-state index in [9.17, 15) is 4.79 Å². The summed E-state index contributed by atoms with van der Waals surface area (Å²) < 4.78 is 0. The van der Waals surface area contributed by atoms with Gasteiger partial charge in [0, 0.05) is 22.8 Å². The summed E-state index contributed by atoms with van der Waals surface area (Å²) in [7, 11) is 0. The molecule has 1 atom stereocenters. The topological polar surface area (TPSA) is 54.0 Å². The van der Waals surface area contributed by atoms with Gasteiger partial charge in [0.1, 0.15) is 0 Å². The normalized spacial score (nSPS) is 12.3. The van der Waals surface area contributed by atoms with E-state index in [2.05, 4.69) is 41.3 Å². The van der Waals surface area contributed by atoms with Gasteiger partial charge in [0.15, 0.2) is 0 Å². The van der Waals surface area contributed by atoms with E-state index < -0.39 is 0 Å². The third kappa shape index (κ3) is 7.20. The standard InChI is InChI=1S/C23H28ClN3O/c1-3-19(15-25-17-28)23-14-13-22(16-26-23)27-21(4-2)8-6-5-7-18-9-11-20(24)12-10-18/h3,9-17,21,27H,1,4-8H2,2H3,(H,25,28)/b19-15+. The molecule has 0 saturated carbocycles. The number of pyridine rings is 1. The van der Waals surface area contributed by atoms with Crippen molar-refractivity contribution in [1.82, 2.24) is 10.3 Å².